The van der Waals surface area contributed by atoms with Crippen LogP contribution in [0.4, 0.5) is 10.5 Å². The fraction of sp³-hybridized carbons (Fsp3) is 0.579. The molecule has 1 aromatic carbocycles. The SMILES string of the molecule is O=C(O)N1CCC(C(=O)N2CCN(c3ccccc3)CC2)C2(CC2)C1. The number of piperidine rings is 1. The monoisotopic (exact) mass is 343 g/mol. The molecule has 2 aliphatic heterocycles. The van der Waals surface area contributed by atoms with Gasteiger partial charge in [0.05, 0.1) is 0 Å². The lowest BCUT2D eigenvalue weighted by Gasteiger charge is -2.42. The van der Waals surface area contributed by atoms with Gasteiger partial charge in [-0.3, -0.25) is 4.79 Å². The number of anilines is 1. The van der Waals surface area contributed by atoms with Crippen molar-refractivity contribution in [3.05, 3.63) is 30.3 Å². The van der Waals surface area contributed by atoms with E-state index in [0.717, 1.165) is 39.0 Å². The second-order valence-electron chi connectivity index (χ2n) is 7.56. The van der Waals surface area contributed by atoms with Crippen LogP contribution in [0, 0.1) is 11.3 Å². The Labute approximate surface area is 148 Å². The average Bonchev–Trinajstić information content (AvgIpc) is 3.41. The van der Waals surface area contributed by atoms with Crippen LogP contribution in [0.5, 0.6) is 0 Å². The Morgan fingerprint density at radius 3 is 2.24 bits per heavy atom. The number of carbonyl (C=O) groups is 2. The molecule has 2 saturated heterocycles. The van der Waals surface area contributed by atoms with Crippen LogP contribution >= 0.6 is 0 Å². The highest BCUT2D eigenvalue weighted by atomic mass is 16.4. The molecule has 1 atom stereocenters. The van der Waals surface area contributed by atoms with Gasteiger partial charge in [0.25, 0.3) is 0 Å². The van der Waals surface area contributed by atoms with E-state index in [9.17, 15) is 14.7 Å². The van der Waals surface area contributed by atoms with E-state index in [-0.39, 0.29) is 17.2 Å². The van der Waals surface area contributed by atoms with Crippen molar-refractivity contribution in [3.63, 3.8) is 0 Å². The van der Waals surface area contributed by atoms with E-state index in [1.807, 2.05) is 23.1 Å². The molecule has 6 nitrogen and oxygen atoms in total. The first-order valence-electron chi connectivity index (χ1n) is 9.16. The van der Waals surface area contributed by atoms with Gasteiger partial charge in [-0.15, -0.1) is 0 Å². The van der Waals surface area contributed by atoms with Crippen LogP contribution in [0.2, 0.25) is 0 Å². The highest BCUT2D eigenvalue weighted by molar-refractivity contribution is 5.81. The molecule has 25 heavy (non-hydrogen) atoms. The second-order valence-corrected chi connectivity index (χ2v) is 7.56. The molecule has 1 aliphatic carbocycles. The van der Waals surface area contributed by atoms with Crippen LogP contribution in [0.3, 0.4) is 0 Å². The molecular weight excluding hydrogens is 318 g/mol. The van der Waals surface area contributed by atoms with E-state index in [4.69, 9.17) is 0 Å². The lowest BCUT2D eigenvalue weighted by atomic mass is 9.81. The number of likely N-dealkylation sites (tertiary alicyclic amines) is 1. The van der Waals surface area contributed by atoms with E-state index in [1.165, 1.54) is 10.6 Å². The minimum Gasteiger partial charge on any atom is -0.465 e. The van der Waals surface area contributed by atoms with Crippen molar-refractivity contribution in [3.8, 4) is 0 Å². The Morgan fingerprint density at radius 2 is 1.64 bits per heavy atom. The summed E-state index contributed by atoms with van der Waals surface area (Å²) in [7, 11) is 0. The van der Waals surface area contributed by atoms with Gasteiger partial charge in [0.15, 0.2) is 0 Å². The molecule has 2 heterocycles. The Balaban J connectivity index is 1.37. The van der Waals surface area contributed by atoms with Gasteiger partial charge in [0, 0.05) is 50.9 Å². The maximum Gasteiger partial charge on any atom is 0.407 e. The number of hydrogen-bond acceptors (Lipinski definition) is 3. The van der Waals surface area contributed by atoms with Gasteiger partial charge in [-0.2, -0.15) is 0 Å². The summed E-state index contributed by atoms with van der Waals surface area (Å²) in [6.07, 6.45) is 1.78. The van der Waals surface area contributed by atoms with Gasteiger partial charge in [-0.1, -0.05) is 18.2 Å². The van der Waals surface area contributed by atoms with E-state index < -0.39 is 6.09 Å². The zero-order chi connectivity index (χ0) is 17.4. The predicted octanol–water partition coefficient (Wildman–Crippen LogP) is 2.12. The molecule has 3 aliphatic rings. The predicted molar refractivity (Wildman–Crippen MR) is 94.6 cm³/mol. The number of rotatable bonds is 2. The third kappa shape index (κ3) is 3.05. The topological polar surface area (TPSA) is 64.1 Å². The quantitative estimate of drug-likeness (QED) is 0.893. The van der Waals surface area contributed by atoms with Gasteiger partial charge in [-0.05, 0) is 36.8 Å². The minimum absolute atomic E-state index is 0.00590. The summed E-state index contributed by atoms with van der Waals surface area (Å²) in [5.74, 6) is 0.252. The van der Waals surface area contributed by atoms with Gasteiger partial charge >= 0.3 is 6.09 Å². The van der Waals surface area contributed by atoms with Crippen molar-refractivity contribution in [2.75, 3.05) is 44.2 Å². The minimum atomic E-state index is -0.853. The molecule has 134 valence electrons. The van der Waals surface area contributed by atoms with Crippen LogP contribution in [0.25, 0.3) is 0 Å². The Morgan fingerprint density at radius 1 is 0.960 bits per heavy atom. The number of carboxylic acid groups (broad SMARTS) is 1. The van der Waals surface area contributed by atoms with E-state index in [1.54, 1.807) is 0 Å². The first-order valence-corrected chi connectivity index (χ1v) is 9.16. The summed E-state index contributed by atoms with van der Waals surface area (Å²) in [6, 6.07) is 10.3. The van der Waals surface area contributed by atoms with Crippen molar-refractivity contribution in [2.45, 2.75) is 19.3 Å². The first-order chi connectivity index (χ1) is 12.1. The summed E-state index contributed by atoms with van der Waals surface area (Å²) >= 11 is 0. The van der Waals surface area contributed by atoms with Crippen LogP contribution < -0.4 is 4.90 Å². The molecule has 6 heteroatoms. The lowest BCUT2D eigenvalue weighted by Crippen LogP contribution is -2.54. The average molecular weight is 343 g/mol. The number of para-hydroxylation sites is 1. The van der Waals surface area contributed by atoms with Crippen molar-refractivity contribution in [2.24, 2.45) is 11.3 Å². The molecule has 1 unspecified atom stereocenters. The number of carbonyl (C=O) groups excluding carboxylic acids is 1. The van der Waals surface area contributed by atoms with Gasteiger partial charge < -0.3 is 19.8 Å². The maximum absolute atomic E-state index is 13.1. The molecular formula is C19H25N3O3. The molecule has 0 bridgehead atoms. The fourth-order valence-electron chi connectivity index (χ4n) is 4.42. The zero-order valence-electron chi connectivity index (χ0n) is 14.4. The normalized spacial score (nSPS) is 25.1. The third-order valence-electron chi connectivity index (χ3n) is 6.11. The van der Waals surface area contributed by atoms with Crippen molar-refractivity contribution >= 4 is 17.7 Å². The van der Waals surface area contributed by atoms with Crippen LogP contribution in [-0.2, 0) is 4.79 Å². The van der Waals surface area contributed by atoms with Gasteiger partial charge in [-0.25, -0.2) is 4.79 Å². The molecule has 1 aromatic rings. The molecule has 1 N–H and O–H groups in total. The number of amides is 2. The summed E-state index contributed by atoms with van der Waals surface area (Å²) in [5.41, 5.74) is 1.13. The fourth-order valence-corrected chi connectivity index (χ4v) is 4.42. The van der Waals surface area contributed by atoms with Crippen molar-refractivity contribution in [1.82, 2.24) is 9.80 Å². The third-order valence-corrected chi connectivity index (χ3v) is 6.11. The highest BCUT2D eigenvalue weighted by Crippen LogP contribution is 2.56. The number of benzene rings is 1. The molecule has 2 amide bonds. The largest absolute Gasteiger partial charge is 0.465 e. The molecule has 1 spiro atoms. The summed E-state index contributed by atoms with van der Waals surface area (Å²) in [4.78, 5) is 30.1. The number of hydrogen-bond donors (Lipinski definition) is 1. The number of piperazine rings is 1. The number of nitrogens with zero attached hydrogens (tertiary/aromatic N) is 3. The van der Waals surface area contributed by atoms with E-state index >= 15 is 0 Å². The van der Waals surface area contributed by atoms with Crippen LogP contribution in [0.15, 0.2) is 30.3 Å². The smallest absolute Gasteiger partial charge is 0.407 e. The van der Waals surface area contributed by atoms with E-state index in [2.05, 4.69) is 17.0 Å². The first kappa shape index (κ1) is 16.2. The summed E-state index contributed by atoms with van der Waals surface area (Å²) in [6.45, 7) is 4.24. The summed E-state index contributed by atoms with van der Waals surface area (Å²) in [5, 5.41) is 9.23. The molecule has 3 fully saturated rings. The Kier molecular flexibility index (Phi) is 4.06. The van der Waals surface area contributed by atoms with Gasteiger partial charge in [0.1, 0.15) is 0 Å². The molecule has 0 radical (unpaired) electrons. The second kappa shape index (κ2) is 6.24. The van der Waals surface area contributed by atoms with Crippen molar-refractivity contribution in [1.29, 1.82) is 0 Å². The summed E-state index contributed by atoms with van der Waals surface area (Å²) < 4.78 is 0. The van der Waals surface area contributed by atoms with Crippen molar-refractivity contribution < 1.29 is 14.7 Å². The lowest BCUT2D eigenvalue weighted by molar-refractivity contribution is -0.140. The standard InChI is InChI=1S/C19H25N3O3/c23-17(16-6-9-22(18(24)25)14-19(16)7-8-19)21-12-10-20(11-13-21)15-4-2-1-3-5-15/h1-5,16H,6-14H2,(H,24,25). The Bertz CT molecular complexity index is 651. The molecule has 4 rings (SSSR count). The zero-order valence-corrected chi connectivity index (χ0v) is 14.4. The van der Waals surface area contributed by atoms with Gasteiger partial charge in [0.2, 0.25) is 5.91 Å². The Hall–Kier alpha value is -2.24. The highest BCUT2D eigenvalue weighted by Gasteiger charge is 2.56. The maximum atomic E-state index is 13.1. The van der Waals surface area contributed by atoms with Crippen LogP contribution in [-0.4, -0.2) is 66.2 Å². The molecule has 1 saturated carbocycles. The van der Waals surface area contributed by atoms with E-state index in [0.29, 0.717) is 19.5 Å². The molecule has 0 aromatic heterocycles. The van der Waals surface area contributed by atoms with Crippen LogP contribution in [0.1, 0.15) is 19.3 Å².